The zero-order chi connectivity index (χ0) is 30.9. The molecule has 7 heteroatoms. The Morgan fingerprint density at radius 1 is 0.867 bits per heavy atom. The van der Waals surface area contributed by atoms with Crippen LogP contribution in [0, 0.1) is 11.8 Å². The molecule has 7 nitrogen and oxygen atoms in total. The second-order valence-electron chi connectivity index (χ2n) is 12.8. The number of imide groups is 1. The molecule has 4 aromatic carbocycles. The molecule has 3 N–H and O–H groups in total. The summed E-state index contributed by atoms with van der Waals surface area (Å²) in [6, 6.07) is 25.1. The minimum Gasteiger partial charge on any atom is -0.384 e. The van der Waals surface area contributed by atoms with Gasteiger partial charge >= 0.3 is 0 Å². The molecule has 0 saturated heterocycles. The van der Waals surface area contributed by atoms with Crippen molar-refractivity contribution >= 4 is 45.6 Å². The highest BCUT2D eigenvalue weighted by atomic mass is 16.2. The lowest BCUT2D eigenvalue weighted by atomic mass is 9.81. The van der Waals surface area contributed by atoms with Crippen molar-refractivity contribution in [1.29, 1.82) is 0 Å². The summed E-state index contributed by atoms with van der Waals surface area (Å²) in [5.41, 5.74) is 11.6. The fraction of sp³-hybridized carbons (Fsp3) is 0.342. The Morgan fingerprint density at radius 2 is 1.67 bits per heavy atom. The van der Waals surface area contributed by atoms with E-state index in [4.69, 9.17) is 5.73 Å². The smallest absolute Gasteiger partial charge is 0.265 e. The normalized spacial score (nSPS) is 19.5. The average Bonchev–Trinajstić information content (AvgIpc) is 3.08. The minimum absolute atomic E-state index is 0.0883. The van der Waals surface area contributed by atoms with Crippen LogP contribution in [0.25, 0.3) is 10.8 Å². The van der Waals surface area contributed by atoms with Crippen molar-refractivity contribution in [2.45, 2.75) is 51.4 Å². The highest BCUT2D eigenvalue weighted by molar-refractivity contribution is 6.36. The Bertz CT molecular complexity index is 1760. The highest BCUT2D eigenvalue weighted by Crippen LogP contribution is 2.37. The SMILES string of the molecule is NCC1CCCC(CNc2ccc3c4c(cccc24)C(=O)N(c2cccc(CCC(=O)N4CCCc5ccccc54)c2)C3=O)C1. The van der Waals surface area contributed by atoms with Crippen LogP contribution in [0.3, 0.4) is 0 Å². The Labute approximate surface area is 264 Å². The molecule has 0 aromatic heterocycles. The Hall–Kier alpha value is -4.49. The van der Waals surface area contributed by atoms with Crippen molar-refractivity contribution in [3.8, 4) is 0 Å². The second kappa shape index (κ2) is 12.5. The van der Waals surface area contributed by atoms with E-state index in [1.54, 1.807) is 6.07 Å². The number of rotatable bonds is 8. The van der Waals surface area contributed by atoms with E-state index < -0.39 is 0 Å². The molecule has 230 valence electrons. The van der Waals surface area contributed by atoms with Gasteiger partial charge in [0.2, 0.25) is 5.91 Å². The third-order valence-electron chi connectivity index (χ3n) is 9.92. The number of amides is 3. The van der Waals surface area contributed by atoms with Gasteiger partial charge in [-0.1, -0.05) is 48.9 Å². The summed E-state index contributed by atoms with van der Waals surface area (Å²) in [4.78, 5) is 44.3. The van der Waals surface area contributed by atoms with Crippen LogP contribution in [0.2, 0.25) is 0 Å². The van der Waals surface area contributed by atoms with Crippen molar-refractivity contribution < 1.29 is 14.4 Å². The average molecular weight is 601 g/mol. The van der Waals surface area contributed by atoms with Gasteiger partial charge in [0.05, 0.1) is 5.69 Å². The van der Waals surface area contributed by atoms with Gasteiger partial charge < -0.3 is 16.0 Å². The molecule has 0 spiro atoms. The first-order valence-corrected chi connectivity index (χ1v) is 16.4. The number of carbonyl (C=O) groups is 3. The van der Waals surface area contributed by atoms with Gasteiger partial charge in [-0.05, 0) is 104 Å². The van der Waals surface area contributed by atoms with Crippen molar-refractivity contribution in [2.75, 3.05) is 34.8 Å². The first-order valence-electron chi connectivity index (χ1n) is 16.4. The number of nitrogens with one attached hydrogen (secondary N) is 1. The third kappa shape index (κ3) is 5.61. The van der Waals surface area contributed by atoms with Crippen LogP contribution < -0.4 is 20.9 Å². The van der Waals surface area contributed by atoms with E-state index in [9.17, 15) is 14.4 Å². The molecule has 4 aromatic rings. The van der Waals surface area contributed by atoms with E-state index in [1.807, 2.05) is 71.6 Å². The zero-order valence-electron chi connectivity index (χ0n) is 25.6. The molecule has 2 unspecified atom stereocenters. The maximum absolute atomic E-state index is 13.9. The van der Waals surface area contributed by atoms with E-state index in [0.717, 1.165) is 61.2 Å². The lowest BCUT2D eigenvalue weighted by molar-refractivity contribution is -0.118. The van der Waals surface area contributed by atoms with Crippen LogP contribution in [0.15, 0.2) is 78.9 Å². The molecular weight excluding hydrogens is 560 g/mol. The third-order valence-corrected chi connectivity index (χ3v) is 9.92. The van der Waals surface area contributed by atoms with Crippen LogP contribution >= 0.6 is 0 Å². The Balaban J connectivity index is 1.09. The van der Waals surface area contributed by atoms with Crippen LogP contribution in [0.1, 0.15) is 70.4 Å². The molecule has 3 amide bonds. The lowest BCUT2D eigenvalue weighted by Crippen LogP contribution is -2.40. The monoisotopic (exact) mass is 600 g/mol. The van der Waals surface area contributed by atoms with Gasteiger partial charge in [-0.3, -0.25) is 14.4 Å². The van der Waals surface area contributed by atoms with E-state index in [0.29, 0.717) is 46.9 Å². The number of para-hydroxylation sites is 1. The van der Waals surface area contributed by atoms with Crippen molar-refractivity contribution in [2.24, 2.45) is 17.6 Å². The van der Waals surface area contributed by atoms with E-state index in [1.165, 1.54) is 29.7 Å². The Morgan fingerprint density at radius 3 is 2.53 bits per heavy atom. The first-order chi connectivity index (χ1) is 22.0. The predicted octanol–water partition coefficient (Wildman–Crippen LogP) is 6.73. The molecule has 2 aliphatic heterocycles. The van der Waals surface area contributed by atoms with Gasteiger partial charge in [0.15, 0.2) is 0 Å². The summed E-state index contributed by atoms with van der Waals surface area (Å²) in [6.07, 6.45) is 7.57. The maximum atomic E-state index is 13.9. The number of nitrogens with two attached hydrogens (primary N) is 1. The van der Waals surface area contributed by atoms with Gasteiger partial charge in [0.25, 0.3) is 11.8 Å². The molecule has 0 bridgehead atoms. The van der Waals surface area contributed by atoms with Gasteiger partial charge in [-0.2, -0.15) is 0 Å². The second-order valence-corrected chi connectivity index (χ2v) is 12.8. The topological polar surface area (TPSA) is 95.7 Å². The fourth-order valence-corrected chi connectivity index (χ4v) is 7.57. The first kappa shape index (κ1) is 29.2. The number of hydrogen-bond acceptors (Lipinski definition) is 5. The molecule has 2 heterocycles. The number of benzene rings is 4. The molecule has 45 heavy (non-hydrogen) atoms. The van der Waals surface area contributed by atoms with Crippen LogP contribution in [0.4, 0.5) is 17.1 Å². The number of aryl methyl sites for hydroxylation is 2. The summed E-state index contributed by atoms with van der Waals surface area (Å²) in [5.74, 6) is 0.590. The van der Waals surface area contributed by atoms with E-state index in [-0.39, 0.29) is 17.7 Å². The highest BCUT2D eigenvalue weighted by Gasteiger charge is 2.35. The molecular formula is C38H40N4O3. The largest absolute Gasteiger partial charge is 0.384 e. The molecule has 1 fully saturated rings. The molecule has 3 aliphatic rings. The zero-order valence-corrected chi connectivity index (χ0v) is 25.6. The van der Waals surface area contributed by atoms with Gasteiger partial charge in [0.1, 0.15) is 0 Å². The van der Waals surface area contributed by atoms with Crippen molar-refractivity contribution in [1.82, 2.24) is 0 Å². The van der Waals surface area contributed by atoms with Crippen LogP contribution in [0.5, 0.6) is 0 Å². The summed E-state index contributed by atoms with van der Waals surface area (Å²) in [7, 11) is 0. The minimum atomic E-state index is -0.327. The predicted molar refractivity (Wildman–Crippen MR) is 180 cm³/mol. The molecule has 7 rings (SSSR count). The molecule has 2 atom stereocenters. The number of hydrogen-bond donors (Lipinski definition) is 2. The number of carbonyl (C=O) groups excluding carboxylic acids is 3. The summed E-state index contributed by atoms with van der Waals surface area (Å²) in [6.45, 7) is 2.32. The van der Waals surface area contributed by atoms with Gasteiger partial charge in [-0.25, -0.2) is 4.90 Å². The summed E-state index contributed by atoms with van der Waals surface area (Å²) in [5, 5.41) is 5.23. The lowest BCUT2D eigenvalue weighted by Gasteiger charge is -2.30. The Kier molecular flexibility index (Phi) is 8.11. The summed E-state index contributed by atoms with van der Waals surface area (Å²) < 4.78 is 0. The molecule has 1 saturated carbocycles. The van der Waals surface area contributed by atoms with Crippen LogP contribution in [-0.4, -0.2) is 37.4 Å². The van der Waals surface area contributed by atoms with Gasteiger partial charge in [0, 0.05) is 52.8 Å². The number of fused-ring (bicyclic) bond motifs is 1. The van der Waals surface area contributed by atoms with Crippen LogP contribution in [-0.2, 0) is 17.6 Å². The van der Waals surface area contributed by atoms with Crippen molar-refractivity contribution in [3.05, 3.63) is 101 Å². The maximum Gasteiger partial charge on any atom is 0.265 e. The van der Waals surface area contributed by atoms with E-state index >= 15 is 0 Å². The standard InChI is InChI=1S/C38H40N4O3/c39-23-26-8-3-9-27(21-26)24-40-33-18-17-32-36-30(33)13-5-14-31(36)37(44)42(38(32)45)29-12-4-7-25(22-29)16-19-35(43)41-20-6-11-28-10-1-2-15-34(28)41/h1-2,4-5,7,10,12-15,17-18,22,26-27,40H,3,6,8-9,11,16,19-21,23-24,39H2. The summed E-state index contributed by atoms with van der Waals surface area (Å²) >= 11 is 0. The number of nitrogens with zero attached hydrogens (tertiary/aromatic N) is 2. The fourth-order valence-electron chi connectivity index (χ4n) is 7.57. The van der Waals surface area contributed by atoms with E-state index in [2.05, 4.69) is 11.4 Å². The molecule has 1 aliphatic carbocycles. The van der Waals surface area contributed by atoms with Crippen molar-refractivity contribution in [3.63, 3.8) is 0 Å². The molecule has 0 radical (unpaired) electrons. The van der Waals surface area contributed by atoms with Gasteiger partial charge in [-0.15, -0.1) is 0 Å². The quantitative estimate of drug-likeness (QED) is 0.219. The number of anilines is 3.